The Hall–Kier alpha value is -3.35. The zero-order valence-corrected chi connectivity index (χ0v) is 13.1. The molecule has 2 aromatic heterocycles. The molecule has 24 heavy (non-hydrogen) atoms. The summed E-state index contributed by atoms with van der Waals surface area (Å²) in [5.41, 5.74) is 6.50. The Bertz CT molecular complexity index is 880. The fourth-order valence-corrected chi connectivity index (χ4v) is 2.30. The molecule has 0 aliphatic rings. The van der Waals surface area contributed by atoms with Crippen LogP contribution >= 0.6 is 0 Å². The van der Waals surface area contributed by atoms with Crippen LogP contribution in [0, 0.1) is 13.8 Å². The minimum absolute atomic E-state index is 0.269. The van der Waals surface area contributed by atoms with Gasteiger partial charge in [-0.2, -0.15) is 0 Å². The van der Waals surface area contributed by atoms with E-state index in [1.807, 2.05) is 30.3 Å². The lowest BCUT2D eigenvalue weighted by Gasteiger charge is -2.07. The SMILES string of the molecule is Cc1occc1C(=O)NNC(=O)c1c(-c2ccccc2)noc1C. The maximum absolute atomic E-state index is 12.4. The molecule has 2 N–H and O–H groups in total. The molecule has 0 bridgehead atoms. The lowest BCUT2D eigenvalue weighted by Crippen LogP contribution is -2.42. The van der Waals surface area contributed by atoms with Crippen LogP contribution in [0.5, 0.6) is 0 Å². The van der Waals surface area contributed by atoms with Crippen LogP contribution in [0.2, 0.25) is 0 Å². The average Bonchev–Trinajstić information content (AvgIpc) is 3.19. The van der Waals surface area contributed by atoms with Gasteiger partial charge in [0.2, 0.25) is 0 Å². The number of aryl methyl sites for hydroxylation is 2. The smallest absolute Gasteiger partial charge is 0.275 e. The standard InChI is InChI=1S/C17H15N3O4/c1-10-13(8-9-23-10)16(21)18-19-17(22)14-11(2)24-20-15(14)12-6-4-3-5-7-12/h3-9H,1-2H3,(H,18,21)(H,19,22). The number of rotatable bonds is 3. The molecular formula is C17H15N3O4. The van der Waals surface area contributed by atoms with Crippen molar-refractivity contribution in [3.05, 3.63) is 65.3 Å². The van der Waals surface area contributed by atoms with E-state index in [2.05, 4.69) is 16.0 Å². The number of carbonyl (C=O) groups excluding carboxylic acids is 2. The lowest BCUT2D eigenvalue weighted by molar-refractivity contribution is 0.0845. The number of nitrogens with zero attached hydrogens (tertiary/aromatic N) is 1. The van der Waals surface area contributed by atoms with Gasteiger partial charge in [0, 0.05) is 5.56 Å². The largest absolute Gasteiger partial charge is 0.469 e. The highest BCUT2D eigenvalue weighted by Crippen LogP contribution is 2.24. The van der Waals surface area contributed by atoms with E-state index in [9.17, 15) is 9.59 Å². The summed E-state index contributed by atoms with van der Waals surface area (Å²) in [6.07, 6.45) is 1.41. The summed E-state index contributed by atoms with van der Waals surface area (Å²) in [5.74, 6) is -0.153. The maximum atomic E-state index is 12.4. The summed E-state index contributed by atoms with van der Waals surface area (Å²) in [7, 11) is 0. The Labute approximate surface area is 137 Å². The molecule has 3 aromatic rings. The quantitative estimate of drug-likeness (QED) is 0.721. The monoisotopic (exact) mass is 325 g/mol. The van der Waals surface area contributed by atoms with Crippen LogP contribution in [0.4, 0.5) is 0 Å². The Morgan fingerprint density at radius 2 is 1.67 bits per heavy atom. The van der Waals surface area contributed by atoms with Gasteiger partial charge in [0.1, 0.15) is 22.8 Å². The van der Waals surface area contributed by atoms with Crippen LogP contribution in [-0.4, -0.2) is 17.0 Å². The van der Waals surface area contributed by atoms with E-state index in [0.717, 1.165) is 5.56 Å². The van der Waals surface area contributed by atoms with Crippen molar-refractivity contribution in [1.82, 2.24) is 16.0 Å². The lowest BCUT2D eigenvalue weighted by atomic mass is 10.1. The minimum Gasteiger partial charge on any atom is -0.469 e. The number of furan rings is 1. The predicted molar refractivity (Wildman–Crippen MR) is 85.1 cm³/mol. The Morgan fingerprint density at radius 3 is 2.33 bits per heavy atom. The van der Waals surface area contributed by atoms with Crippen LogP contribution in [0.25, 0.3) is 11.3 Å². The summed E-state index contributed by atoms with van der Waals surface area (Å²) < 4.78 is 10.2. The van der Waals surface area contributed by atoms with Crippen molar-refractivity contribution in [3.8, 4) is 11.3 Å². The van der Waals surface area contributed by atoms with E-state index in [0.29, 0.717) is 22.8 Å². The summed E-state index contributed by atoms with van der Waals surface area (Å²) in [4.78, 5) is 24.4. The molecule has 0 saturated heterocycles. The first kappa shape index (κ1) is 15.5. The Balaban J connectivity index is 1.78. The molecule has 2 heterocycles. The average molecular weight is 325 g/mol. The minimum atomic E-state index is -0.512. The number of nitrogens with one attached hydrogen (secondary N) is 2. The van der Waals surface area contributed by atoms with Crippen LogP contribution in [0.1, 0.15) is 32.2 Å². The molecule has 2 amide bonds. The van der Waals surface area contributed by atoms with Crippen molar-refractivity contribution in [1.29, 1.82) is 0 Å². The number of carbonyl (C=O) groups is 2. The highest BCUT2D eigenvalue weighted by molar-refractivity contribution is 6.03. The van der Waals surface area contributed by atoms with Gasteiger partial charge in [0.05, 0.1) is 11.8 Å². The topological polar surface area (TPSA) is 97.4 Å². The first-order valence-corrected chi connectivity index (χ1v) is 7.24. The molecule has 7 heteroatoms. The van der Waals surface area contributed by atoms with Crippen molar-refractivity contribution < 1.29 is 18.5 Å². The first-order valence-electron chi connectivity index (χ1n) is 7.24. The molecule has 0 fully saturated rings. The molecule has 0 atom stereocenters. The molecular weight excluding hydrogens is 310 g/mol. The number of hydrogen-bond donors (Lipinski definition) is 2. The molecule has 0 radical (unpaired) electrons. The summed E-state index contributed by atoms with van der Waals surface area (Å²) in [6.45, 7) is 3.30. The van der Waals surface area contributed by atoms with Crippen LogP contribution in [-0.2, 0) is 0 Å². The van der Waals surface area contributed by atoms with E-state index >= 15 is 0 Å². The van der Waals surface area contributed by atoms with E-state index in [4.69, 9.17) is 8.94 Å². The number of hydrazine groups is 1. The second-order valence-electron chi connectivity index (χ2n) is 5.13. The summed E-state index contributed by atoms with van der Waals surface area (Å²) in [5, 5.41) is 3.93. The van der Waals surface area contributed by atoms with Crippen LogP contribution in [0.15, 0.2) is 51.6 Å². The van der Waals surface area contributed by atoms with Crippen molar-refractivity contribution in [2.24, 2.45) is 0 Å². The third-order valence-electron chi connectivity index (χ3n) is 3.53. The maximum Gasteiger partial charge on any atom is 0.275 e. The molecule has 0 aliphatic carbocycles. The Kier molecular flexibility index (Phi) is 4.15. The van der Waals surface area contributed by atoms with E-state index in [-0.39, 0.29) is 5.56 Å². The fraction of sp³-hybridized carbons (Fsp3) is 0.118. The van der Waals surface area contributed by atoms with Crippen molar-refractivity contribution >= 4 is 11.8 Å². The van der Waals surface area contributed by atoms with Crippen molar-refractivity contribution in [2.75, 3.05) is 0 Å². The van der Waals surface area contributed by atoms with Gasteiger partial charge in [-0.15, -0.1) is 0 Å². The normalized spacial score (nSPS) is 10.4. The zero-order chi connectivity index (χ0) is 17.1. The molecule has 122 valence electrons. The number of amides is 2. The number of aromatic nitrogens is 1. The van der Waals surface area contributed by atoms with Gasteiger partial charge in [0.25, 0.3) is 11.8 Å². The van der Waals surface area contributed by atoms with Crippen LogP contribution < -0.4 is 10.9 Å². The third-order valence-corrected chi connectivity index (χ3v) is 3.53. The van der Waals surface area contributed by atoms with E-state index < -0.39 is 11.8 Å². The van der Waals surface area contributed by atoms with Gasteiger partial charge in [-0.05, 0) is 19.9 Å². The summed E-state index contributed by atoms with van der Waals surface area (Å²) >= 11 is 0. The van der Waals surface area contributed by atoms with E-state index in [1.165, 1.54) is 12.3 Å². The first-order chi connectivity index (χ1) is 11.6. The van der Waals surface area contributed by atoms with Gasteiger partial charge >= 0.3 is 0 Å². The van der Waals surface area contributed by atoms with Crippen molar-refractivity contribution in [3.63, 3.8) is 0 Å². The molecule has 3 rings (SSSR count). The molecule has 0 spiro atoms. The highest BCUT2D eigenvalue weighted by Gasteiger charge is 2.22. The van der Waals surface area contributed by atoms with Gasteiger partial charge in [-0.1, -0.05) is 35.5 Å². The van der Waals surface area contributed by atoms with Gasteiger partial charge in [-0.25, -0.2) is 0 Å². The molecule has 0 saturated carbocycles. The highest BCUT2D eigenvalue weighted by atomic mass is 16.5. The van der Waals surface area contributed by atoms with Gasteiger partial charge in [0.15, 0.2) is 0 Å². The second-order valence-corrected chi connectivity index (χ2v) is 5.13. The Morgan fingerprint density at radius 1 is 0.958 bits per heavy atom. The van der Waals surface area contributed by atoms with Crippen LogP contribution in [0.3, 0.4) is 0 Å². The molecule has 0 unspecified atom stereocenters. The number of hydrogen-bond acceptors (Lipinski definition) is 5. The third kappa shape index (κ3) is 2.91. The molecule has 7 nitrogen and oxygen atoms in total. The van der Waals surface area contributed by atoms with Gasteiger partial charge < -0.3 is 8.94 Å². The molecule has 0 aliphatic heterocycles. The van der Waals surface area contributed by atoms with Crippen molar-refractivity contribution in [2.45, 2.75) is 13.8 Å². The van der Waals surface area contributed by atoms with Gasteiger partial charge in [-0.3, -0.25) is 20.4 Å². The predicted octanol–water partition coefficient (Wildman–Crippen LogP) is 2.63. The zero-order valence-electron chi connectivity index (χ0n) is 13.1. The summed E-state index contributed by atoms with van der Waals surface area (Å²) in [6, 6.07) is 10.7. The van der Waals surface area contributed by atoms with E-state index in [1.54, 1.807) is 13.8 Å². The molecule has 1 aromatic carbocycles. The number of benzene rings is 1. The second kappa shape index (κ2) is 6.41. The fourth-order valence-electron chi connectivity index (χ4n) is 2.30.